The molecule has 1 aliphatic heterocycles. The van der Waals surface area contributed by atoms with E-state index < -0.39 is 12.0 Å². The smallest absolute Gasteiger partial charge is 0.326 e. The number of anilines is 1. The average molecular weight is 447 g/mol. The van der Waals surface area contributed by atoms with Crippen molar-refractivity contribution in [2.45, 2.75) is 70.3 Å². The van der Waals surface area contributed by atoms with Crippen LogP contribution in [0, 0.1) is 17.8 Å². The van der Waals surface area contributed by atoms with E-state index in [-0.39, 0.29) is 11.4 Å². The summed E-state index contributed by atoms with van der Waals surface area (Å²) in [6.45, 7) is 5.30. The second-order valence-electron chi connectivity index (χ2n) is 10.1. The number of hydrogen-bond donors (Lipinski definition) is 2. The highest BCUT2D eigenvalue weighted by atomic mass is 32.2. The molecule has 2 saturated carbocycles. The Hall–Kier alpha value is -1.69. The van der Waals surface area contributed by atoms with Gasteiger partial charge in [-0.25, -0.2) is 9.59 Å². The van der Waals surface area contributed by atoms with E-state index in [0.29, 0.717) is 13.0 Å². The maximum atomic E-state index is 12.5. The molecule has 5 nitrogen and oxygen atoms in total. The minimum Gasteiger partial charge on any atom is -0.480 e. The van der Waals surface area contributed by atoms with E-state index in [0.717, 1.165) is 29.9 Å². The number of rotatable bonds is 3. The van der Waals surface area contributed by atoms with Gasteiger partial charge in [-0.3, -0.25) is 0 Å². The molecule has 1 aromatic carbocycles. The Bertz CT molecular complexity index is 749. The van der Waals surface area contributed by atoms with Crippen molar-refractivity contribution in [1.82, 2.24) is 4.90 Å². The van der Waals surface area contributed by atoms with Crippen LogP contribution in [0.5, 0.6) is 0 Å². The van der Waals surface area contributed by atoms with E-state index in [1.807, 2.05) is 24.6 Å². The van der Waals surface area contributed by atoms with Crippen LogP contribution in [0.3, 0.4) is 0 Å². The van der Waals surface area contributed by atoms with E-state index in [2.05, 4.69) is 31.3 Å². The topological polar surface area (TPSA) is 69.6 Å². The highest BCUT2D eigenvalue weighted by Gasteiger charge is 2.41. The van der Waals surface area contributed by atoms with Crippen LogP contribution in [0.1, 0.15) is 64.4 Å². The van der Waals surface area contributed by atoms with Gasteiger partial charge in [0.25, 0.3) is 0 Å². The van der Waals surface area contributed by atoms with Gasteiger partial charge in [0.05, 0.1) is 0 Å². The van der Waals surface area contributed by atoms with Crippen molar-refractivity contribution < 1.29 is 14.7 Å². The quantitative estimate of drug-likeness (QED) is 0.611. The van der Waals surface area contributed by atoms with Crippen molar-refractivity contribution in [2.75, 3.05) is 24.4 Å². The number of fused-ring (bicyclic) bond motifs is 2. The molecule has 2 bridgehead atoms. The second kappa shape index (κ2) is 10.3. The van der Waals surface area contributed by atoms with Crippen molar-refractivity contribution in [3.8, 4) is 0 Å². The lowest BCUT2D eigenvalue weighted by Crippen LogP contribution is -2.42. The number of carboxylic acid groups (broad SMARTS) is 1. The number of amides is 2. The zero-order valence-corrected chi connectivity index (χ0v) is 20.2. The van der Waals surface area contributed by atoms with Crippen LogP contribution >= 0.6 is 11.8 Å². The molecule has 172 valence electrons. The molecule has 3 unspecified atom stereocenters. The molecule has 4 rings (SSSR count). The van der Waals surface area contributed by atoms with Gasteiger partial charge in [-0.1, -0.05) is 26.0 Å². The molecule has 1 heterocycles. The second-order valence-corrected chi connectivity index (χ2v) is 10.9. The number of hydrogen-bond acceptors (Lipinski definition) is 3. The third-order valence-corrected chi connectivity index (χ3v) is 7.25. The number of nitrogens with zero attached hydrogens (tertiary/aromatic N) is 1. The molecule has 2 aliphatic carbocycles. The minimum atomic E-state index is -0.923. The molecule has 0 spiro atoms. The molecule has 2 N–H and O–H groups in total. The number of urea groups is 1. The number of likely N-dealkylation sites (tertiary alicyclic amines) is 1. The van der Waals surface area contributed by atoms with Crippen LogP contribution in [0.15, 0.2) is 24.3 Å². The van der Waals surface area contributed by atoms with Crippen LogP contribution in [-0.2, 0) is 10.2 Å². The SMILES string of the molecule is CC1CC2CC(C1)CC(C)(c1ccc(NC(=O)N3CCCC3C(=O)O)cc1)C2.CSC. The zero-order valence-electron chi connectivity index (χ0n) is 19.4. The van der Waals surface area contributed by atoms with Crippen LogP contribution in [-0.4, -0.2) is 47.1 Å². The highest BCUT2D eigenvalue weighted by Crippen LogP contribution is 2.51. The number of nitrogens with one attached hydrogen (secondary N) is 1. The van der Waals surface area contributed by atoms with Crippen LogP contribution in [0.25, 0.3) is 0 Å². The Balaban J connectivity index is 0.000000858. The van der Waals surface area contributed by atoms with Crippen molar-refractivity contribution in [3.05, 3.63) is 29.8 Å². The summed E-state index contributed by atoms with van der Waals surface area (Å²) >= 11 is 1.75. The monoisotopic (exact) mass is 446 g/mol. The predicted molar refractivity (Wildman–Crippen MR) is 129 cm³/mol. The van der Waals surface area contributed by atoms with E-state index >= 15 is 0 Å². The molecular formula is C25H38N2O3S. The summed E-state index contributed by atoms with van der Waals surface area (Å²) in [5, 5.41) is 12.2. The van der Waals surface area contributed by atoms with Gasteiger partial charge in [-0.2, -0.15) is 11.8 Å². The van der Waals surface area contributed by atoms with E-state index in [1.165, 1.54) is 42.6 Å². The third kappa shape index (κ3) is 5.76. The van der Waals surface area contributed by atoms with Gasteiger partial charge in [0, 0.05) is 12.2 Å². The number of aliphatic carboxylic acids is 1. The van der Waals surface area contributed by atoms with Crippen LogP contribution in [0.2, 0.25) is 0 Å². The molecule has 0 aromatic heterocycles. The molecule has 1 aromatic rings. The first kappa shape index (κ1) is 24.0. The van der Waals surface area contributed by atoms with Gasteiger partial charge in [0.1, 0.15) is 6.04 Å². The lowest BCUT2D eigenvalue weighted by Gasteiger charge is -2.47. The number of carboxylic acids is 1. The Kier molecular flexibility index (Phi) is 7.95. The number of benzene rings is 1. The zero-order chi connectivity index (χ0) is 22.6. The Morgan fingerprint density at radius 1 is 1.10 bits per heavy atom. The Labute approximate surface area is 191 Å². The summed E-state index contributed by atoms with van der Waals surface area (Å²) in [6, 6.07) is 7.22. The van der Waals surface area contributed by atoms with Crippen molar-refractivity contribution >= 4 is 29.4 Å². The van der Waals surface area contributed by atoms with E-state index in [4.69, 9.17) is 0 Å². The lowest BCUT2D eigenvalue weighted by atomic mass is 9.57. The fourth-order valence-electron chi connectivity index (χ4n) is 6.24. The van der Waals surface area contributed by atoms with Crippen molar-refractivity contribution in [3.63, 3.8) is 0 Å². The van der Waals surface area contributed by atoms with Gasteiger partial charge < -0.3 is 15.3 Å². The first-order valence-corrected chi connectivity index (χ1v) is 13.2. The molecule has 31 heavy (non-hydrogen) atoms. The normalized spacial score (nSPS) is 32.1. The van der Waals surface area contributed by atoms with Crippen molar-refractivity contribution in [2.24, 2.45) is 17.8 Å². The van der Waals surface area contributed by atoms with Gasteiger partial charge in [-0.05, 0) is 98.3 Å². The van der Waals surface area contributed by atoms with E-state index in [1.54, 1.807) is 11.8 Å². The minimum absolute atomic E-state index is 0.222. The van der Waals surface area contributed by atoms with Gasteiger partial charge in [0.15, 0.2) is 0 Å². The summed E-state index contributed by atoms with van der Waals surface area (Å²) < 4.78 is 0. The first-order valence-electron chi connectivity index (χ1n) is 11.6. The maximum absolute atomic E-state index is 12.5. The van der Waals surface area contributed by atoms with Crippen LogP contribution < -0.4 is 5.32 Å². The molecule has 0 radical (unpaired) electrons. The Morgan fingerprint density at radius 2 is 1.68 bits per heavy atom. The summed E-state index contributed by atoms with van der Waals surface area (Å²) in [5.74, 6) is 1.63. The summed E-state index contributed by atoms with van der Waals surface area (Å²) in [5.41, 5.74) is 2.32. The average Bonchev–Trinajstić information content (AvgIpc) is 3.18. The van der Waals surface area contributed by atoms with E-state index in [9.17, 15) is 14.7 Å². The molecular weight excluding hydrogens is 408 g/mol. The van der Waals surface area contributed by atoms with Gasteiger partial charge in [0.2, 0.25) is 0 Å². The largest absolute Gasteiger partial charge is 0.480 e. The lowest BCUT2D eigenvalue weighted by molar-refractivity contribution is -0.141. The standard InChI is InChI=1S/C23H32N2O3.C2H6S/c1-15-10-16-12-17(11-15)14-23(2,13-16)18-5-7-19(8-6-18)24-22(28)25-9-3-4-20(25)21(26)27;1-3-2/h5-8,15-17,20H,3-4,9-14H2,1-2H3,(H,24,28)(H,26,27);1-2H3. The molecule has 3 fully saturated rings. The van der Waals surface area contributed by atoms with Crippen LogP contribution in [0.4, 0.5) is 10.5 Å². The molecule has 6 heteroatoms. The van der Waals surface area contributed by atoms with Crippen molar-refractivity contribution in [1.29, 1.82) is 0 Å². The first-order chi connectivity index (χ1) is 14.8. The third-order valence-electron chi connectivity index (χ3n) is 7.25. The number of thioether (sulfide) groups is 1. The molecule has 1 saturated heterocycles. The molecule has 2 amide bonds. The number of carbonyl (C=O) groups is 2. The summed E-state index contributed by atoms with van der Waals surface area (Å²) in [7, 11) is 0. The summed E-state index contributed by atoms with van der Waals surface area (Å²) in [4.78, 5) is 25.2. The molecule has 3 aliphatic rings. The maximum Gasteiger partial charge on any atom is 0.326 e. The van der Waals surface area contributed by atoms with Gasteiger partial charge >= 0.3 is 12.0 Å². The highest BCUT2D eigenvalue weighted by molar-refractivity contribution is 7.97. The Morgan fingerprint density at radius 3 is 2.23 bits per heavy atom. The molecule has 3 atom stereocenters. The fourth-order valence-corrected chi connectivity index (χ4v) is 6.24. The number of carbonyl (C=O) groups excluding carboxylic acids is 1. The predicted octanol–water partition coefficient (Wildman–Crippen LogP) is 5.85. The summed E-state index contributed by atoms with van der Waals surface area (Å²) in [6.07, 6.45) is 12.0. The fraction of sp³-hybridized carbons (Fsp3) is 0.680. The van der Waals surface area contributed by atoms with Gasteiger partial charge in [-0.15, -0.1) is 0 Å².